The average molecular weight is 615 g/mol. The van der Waals surface area contributed by atoms with Gasteiger partial charge in [0.25, 0.3) is 0 Å². The summed E-state index contributed by atoms with van der Waals surface area (Å²) in [5, 5.41) is 0. The molecule has 0 saturated carbocycles. The Balaban J connectivity index is 3.02. The Morgan fingerprint density at radius 1 is 0.317 bits per heavy atom. The highest BCUT2D eigenvalue weighted by Crippen LogP contribution is 2.01. The molecular formula is C29H55ClO11. The molecule has 0 aliphatic heterocycles. The van der Waals surface area contributed by atoms with Crippen LogP contribution in [0.2, 0.25) is 0 Å². The van der Waals surface area contributed by atoms with Crippen molar-refractivity contribution < 1.29 is 52.1 Å². The Morgan fingerprint density at radius 3 is 0.829 bits per heavy atom. The van der Waals surface area contributed by atoms with E-state index in [2.05, 4.69) is 5.92 Å². The monoisotopic (exact) mass is 614 g/mol. The molecule has 0 saturated heterocycles. The summed E-state index contributed by atoms with van der Waals surface area (Å²) < 4.78 is 59.6. The van der Waals surface area contributed by atoms with Crippen LogP contribution in [0, 0.1) is 12.3 Å². The summed E-state index contributed by atoms with van der Waals surface area (Å²) in [5.74, 6) is 3.14. The van der Waals surface area contributed by atoms with Crippen LogP contribution in [-0.4, -0.2) is 151 Å². The van der Waals surface area contributed by atoms with Gasteiger partial charge in [-0.05, 0) is 12.8 Å². The van der Waals surface area contributed by atoms with Crippen LogP contribution in [0.1, 0.15) is 25.7 Å². The van der Waals surface area contributed by atoms with Gasteiger partial charge >= 0.3 is 0 Å². The van der Waals surface area contributed by atoms with E-state index in [1.807, 2.05) is 0 Å². The van der Waals surface area contributed by atoms with E-state index in [0.717, 1.165) is 25.3 Å². The van der Waals surface area contributed by atoms with Gasteiger partial charge in [-0.3, -0.25) is 0 Å². The van der Waals surface area contributed by atoms with Crippen LogP contribution in [0.4, 0.5) is 0 Å². The summed E-state index contributed by atoms with van der Waals surface area (Å²) in [6.45, 7) is 11.7. The van der Waals surface area contributed by atoms with Crippen LogP contribution in [-0.2, 0) is 52.1 Å². The van der Waals surface area contributed by atoms with Crippen molar-refractivity contribution in [3.63, 3.8) is 0 Å². The predicted molar refractivity (Wildman–Crippen MR) is 157 cm³/mol. The number of hydrogen-bond acceptors (Lipinski definition) is 11. The summed E-state index contributed by atoms with van der Waals surface area (Å²) in [7, 11) is 0. The first-order valence-corrected chi connectivity index (χ1v) is 15.3. The fourth-order valence-electron chi connectivity index (χ4n) is 2.98. The van der Waals surface area contributed by atoms with Crippen LogP contribution in [0.3, 0.4) is 0 Å². The Kier molecular flexibility index (Phi) is 38.8. The fourth-order valence-corrected chi connectivity index (χ4v) is 3.17. The predicted octanol–water partition coefficient (Wildman–Crippen LogP) is 2.60. The second kappa shape index (κ2) is 39.4. The SMILES string of the molecule is C#CCOCCOCCOCCOCCOCCOCCOCCOCCOCCOCCOCCCCCCCl. The summed E-state index contributed by atoms with van der Waals surface area (Å²) in [6, 6.07) is 0. The van der Waals surface area contributed by atoms with Gasteiger partial charge < -0.3 is 52.1 Å². The Morgan fingerprint density at radius 2 is 0.561 bits per heavy atom. The maximum Gasteiger partial charge on any atom is 0.107 e. The summed E-state index contributed by atoms with van der Waals surface area (Å²) >= 11 is 5.65. The van der Waals surface area contributed by atoms with E-state index in [0.29, 0.717) is 139 Å². The molecule has 244 valence electrons. The van der Waals surface area contributed by atoms with Crippen LogP contribution < -0.4 is 0 Å². The number of terminal acetylenes is 1. The molecule has 0 rings (SSSR count). The normalized spacial score (nSPS) is 11.3. The lowest BCUT2D eigenvalue weighted by molar-refractivity contribution is -0.0272. The number of unbranched alkanes of at least 4 members (excludes halogenated alkanes) is 3. The molecule has 0 N–H and O–H groups in total. The maximum atomic E-state index is 5.65. The third-order valence-electron chi connectivity index (χ3n) is 5.08. The van der Waals surface area contributed by atoms with Crippen LogP contribution >= 0.6 is 11.6 Å². The molecule has 0 aliphatic carbocycles. The second-order valence-corrected chi connectivity index (χ2v) is 8.86. The molecule has 0 atom stereocenters. The van der Waals surface area contributed by atoms with Crippen molar-refractivity contribution in [2.75, 3.05) is 151 Å². The van der Waals surface area contributed by atoms with Gasteiger partial charge in [-0.15, -0.1) is 18.0 Å². The molecule has 11 nitrogen and oxygen atoms in total. The number of rotatable bonds is 37. The van der Waals surface area contributed by atoms with Gasteiger partial charge in [0.1, 0.15) is 6.61 Å². The van der Waals surface area contributed by atoms with Crippen molar-refractivity contribution in [3.05, 3.63) is 0 Å². The second-order valence-electron chi connectivity index (χ2n) is 8.48. The minimum atomic E-state index is 0.310. The summed E-state index contributed by atoms with van der Waals surface area (Å²) in [5.41, 5.74) is 0. The molecule has 0 aromatic heterocycles. The van der Waals surface area contributed by atoms with Crippen molar-refractivity contribution >= 4 is 11.6 Å². The lowest BCUT2D eigenvalue weighted by Gasteiger charge is -2.09. The van der Waals surface area contributed by atoms with Gasteiger partial charge in [0, 0.05) is 12.5 Å². The third-order valence-corrected chi connectivity index (χ3v) is 5.35. The molecule has 0 unspecified atom stereocenters. The number of halogens is 1. The zero-order chi connectivity index (χ0) is 29.6. The average Bonchev–Trinajstić information content (AvgIpc) is 2.98. The molecule has 0 aromatic carbocycles. The topological polar surface area (TPSA) is 102 Å². The van der Waals surface area contributed by atoms with Gasteiger partial charge in [0.15, 0.2) is 0 Å². The number of hydrogen-bond donors (Lipinski definition) is 0. The Bertz CT molecular complexity index is 512. The quantitative estimate of drug-likeness (QED) is 0.0586. The zero-order valence-corrected chi connectivity index (χ0v) is 25.8. The van der Waals surface area contributed by atoms with E-state index in [1.54, 1.807) is 0 Å². The molecule has 0 radical (unpaired) electrons. The molecule has 0 aliphatic rings. The molecule has 0 aromatic rings. The van der Waals surface area contributed by atoms with Crippen molar-refractivity contribution in [1.29, 1.82) is 0 Å². The van der Waals surface area contributed by atoms with Gasteiger partial charge in [-0.1, -0.05) is 18.8 Å². The molecule has 0 spiro atoms. The van der Waals surface area contributed by atoms with Crippen molar-refractivity contribution in [1.82, 2.24) is 0 Å². The highest BCUT2D eigenvalue weighted by molar-refractivity contribution is 6.17. The van der Waals surface area contributed by atoms with Gasteiger partial charge in [0.2, 0.25) is 0 Å². The molecule has 0 bridgehead atoms. The van der Waals surface area contributed by atoms with Crippen LogP contribution in [0.15, 0.2) is 0 Å². The standard InChI is InChI=1S/C29H55ClO11/c1-2-8-31-10-12-33-14-16-35-18-20-37-22-24-39-26-28-41-29-27-40-25-23-38-21-19-36-17-15-34-13-11-32-9-6-4-3-5-7-30/h1H,3-29H2. The minimum Gasteiger partial charge on any atom is -0.379 e. The van der Waals surface area contributed by atoms with E-state index in [-0.39, 0.29) is 0 Å². The van der Waals surface area contributed by atoms with E-state index in [9.17, 15) is 0 Å². The first-order chi connectivity index (χ1) is 20.4. The highest BCUT2D eigenvalue weighted by Gasteiger charge is 1.96. The smallest absolute Gasteiger partial charge is 0.107 e. The van der Waals surface area contributed by atoms with Gasteiger partial charge in [0.05, 0.1) is 132 Å². The molecule has 0 amide bonds. The van der Waals surface area contributed by atoms with Gasteiger partial charge in [-0.25, -0.2) is 0 Å². The highest BCUT2D eigenvalue weighted by atomic mass is 35.5. The summed E-state index contributed by atoms with van der Waals surface area (Å²) in [6.07, 6.45) is 9.58. The minimum absolute atomic E-state index is 0.310. The number of ether oxygens (including phenoxy) is 11. The lowest BCUT2D eigenvalue weighted by atomic mass is 10.2. The van der Waals surface area contributed by atoms with E-state index in [1.165, 1.54) is 12.8 Å². The fraction of sp³-hybridized carbons (Fsp3) is 0.931. The first kappa shape index (κ1) is 40.4. The van der Waals surface area contributed by atoms with Crippen molar-refractivity contribution in [2.45, 2.75) is 25.7 Å². The summed E-state index contributed by atoms with van der Waals surface area (Å²) in [4.78, 5) is 0. The first-order valence-electron chi connectivity index (χ1n) is 14.8. The van der Waals surface area contributed by atoms with Gasteiger partial charge in [-0.2, -0.15) is 0 Å². The van der Waals surface area contributed by atoms with E-state index in [4.69, 9.17) is 70.1 Å². The third kappa shape index (κ3) is 39.4. The Labute approximate surface area is 253 Å². The molecular weight excluding hydrogens is 560 g/mol. The van der Waals surface area contributed by atoms with E-state index < -0.39 is 0 Å². The lowest BCUT2D eigenvalue weighted by Crippen LogP contribution is -2.15. The van der Waals surface area contributed by atoms with Crippen molar-refractivity contribution in [3.8, 4) is 12.3 Å². The van der Waals surface area contributed by atoms with E-state index >= 15 is 0 Å². The molecule has 12 heteroatoms. The molecule has 41 heavy (non-hydrogen) atoms. The molecule has 0 fully saturated rings. The Hall–Kier alpha value is -0.590. The largest absolute Gasteiger partial charge is 0.379 e. The van der Waals surface area contributed by atoms with Crippen molar-refractivity contribution in [2.24, 2.45) is 0 Å². The number of alkyl halides is 1. The maximum absolute atomic E-state index is 5.65. The van der Waals surface area contributed by atoms with Crippen LogP contribution in [0.25, 0.3) is 0 Å². The zero-order valence-electron chi connectivity index (χ0n) is 25.0. The molecule has 0 heterocycles. The van der Waals surface area contributed by atoms with Crippen LogP contribution in [0.5, 0.6) is 0 Å².